The molecule has 0 aromatic heterocycles. The monoisotopic (exact) mass is 288 g/mol. The largest absolute Gasteiger partial charge is 0.378 e. The number of rotatable bonds is 1. The van der Waals surface area contributed by atoms with Crippen molar-refractivity contribution in [2.45, 2.75) is 38.2 Å². The van der Waals surface area contributed by atoms with E-state index in [1.165, 1.54) is 6.07 Å². The highest BCUT2D eigenvalue weighted by Gasteiger charge is 2.54. The minimum Gasteiger partial charge on any atom is -0.378 e. The van der Waals surface area contributed by atoms with Crippen LogP contribution in [0.15, 0.2) is 12.1 Å². The van der Waals surface area contributed by atoms with Crippen LogP contribution in [0.5, 0.6) is 0 Å². The van der Waals surface area contributed by atoms with Crippen LogP contribution in [0.25, 0.3) is 0 Å². The van der Waals surface area contributed by atoms with E-state index in [9.17, 15) is 17.6 Å². The van der Waals surface area contributed by atoms with Gasteiger partial charge < -0.3 is 4.74 Å². The average molecular weight is 288 g/mol. The lowest BCUT2D eigenvalue weighted by molar-refractivity contribution is -0.112. The second-order valence-corrected chi connectivity index (χ2v) is 5.81. The molecular formula is C15H16F4O. The predicted octanol–water partition coefficient (Wildman–Crippen LogP) is 4.04. The molecule has 0 N–H and O–H groups in total. The summed E-state index contributed by atoms with van der Waals surface area (Å²) in [5, 5.41) is 0. The number of hydrogen-bond donors (Lipinski definition) is 0. The average Bonchev–Trinajstić information content (AvgIpc) is 2.67. The molecule has 2 unspecified atom stereocenters. The molecule has 3 rings (SSSR count). The van der Waals surface area contributed by atoms with Crippen molar-refractivity contribution in [1.29, 1.82) is 0 Å². The maximum absolute atomic E-state index is 14.5. The normalized spacial score (nSPS) is 32.1. The van der Waals surface area contributed by atoms with Gasteiger partial charge in [0, 0.05) is 5.92 Å². The van der Waals surface area contributed by atoms with Gasteiger partial charge >= 0.3 is 0 Å². The topological polar surface area (TPSA) is 9.23 Å². The minimum absolute atomic E-state index is 0.0813. The van der Waals surface area contributed by atoms with Crippen LogP contribution in [-0.2, 0) is 17.1 Å². The van der Waals surface area contributed by atoms with Crippen molar-refractivity contribution in [3.05, 3.63) is 34.9 Å². The summed E-state index contributed by atoms with van der Waals surface area (Å²) in [7, 11) is 0. The fourth-order valence-electron chi connectivity index (χ4n) is 3.35. The van der Waals surface area contributed by atoms with Crippen molar-refractivity contribution < 1.29 is 22.3 Å². The predicted molar refractivity (Wildman–Crippen MR) is 65.6 cm³/mol. The van der Waals surface area contributed by atoms with Gasteiger partial charge in [0.05, 0.1) is 18.3 Å². The summed E-state index contributed by atoms with van der Waals surface area (Å²) in [5.41, 5.74) is -0.529. The van der Waals surface area contributed by atoms with Gasteiger partial charge in [0.15, 0.2) is 11.6 Å². The number of halogens is 4. The molecule has 1 heterocycles. The molecule has 1 saturated heterocycles. The number of benzene rings is 1. The maximum Gasteiger partial charge on any atom is 0.279 e. The number of fused-ring (bicyclic) bond motifs is 1. The highest BCUT2D eigenvalue weighted by Crippen LogP contribution is 2.51. The maximum atomic E-state index is 14.5. The first-order valence-electron chi connectivity index (χ1n) is 6.88. The van der Waals surface area contributed by atoms with E-state index in [2.05, 4.69) is 0 Å². The van der Waals surface area contributed by atoms with Gasteiger partial charge in [-0.05, 0) is 43.7 Å². The van der Waals surface area contributed by atoms with Crippen LogP contribution >= 0.6 is 0 Å². The van der Waals surface area contributed by atoms with Crippen molar-refractivity contribution in [2.75, 3.05) is 6.61 Å². The molecule has 0 radical (unpaired) electrons. The Bertz CT molecular complexity index is 521. The van der Waals surface area contributed by atoms with E-state index in [1.807, 2.05) is 6.92 Å². The third-order valence-corrected chi connectivity index (χ3v) is 4.53. The molecule has 0 bridgehead atoms. The summed E-state index contributed by atoms with van der Waals surface area (Å²) >= 11 is 0. The highest BCUT2D eigenvalue weighted by molar-refractivity contribution is 5.39. The van der Waals surface area contributed by atoms with Crippen molar-refractivity contribution in [3.63, 3.8) is 0 Å². The Morgan fingerprint density at radius 1 is 1.20 bits per heavy atom. The van der Waals surface area contributed by atoms with Crippen molar-refractivity contribution in [3.8, 4) is 0 Å². The van der Waals surface area contributed by atoms with E-state index in [0.717, 1.165) is 12.5 Å². The molecule has 0 saturated carbocycles. The van der Waals surface area contributed by atoms with E-state index in [-0.39, 0.29) is 30.6 Å². The van der Waals surface area contributed by atoms with Gasteiger partial charge in [0.2, 0.25) is 0 Å². The molecule has 0 amide bonds. The molecule has 20 heavy (non-hydrogen) atoms. The number of hydrogen-bond acceptors (Lipinski definition) is 1. The zero-order valence-electron chi connectivity index (χ0n) is 11.1. The van der Waals surface area contributed by atoms with Gasteiger partial charge in [-0.3, -0.25) is 0 Å². The zero-order valence-corrected chi connectivity index (χ0v) is 11.1. The van der Waals surface area contributed by atoms with E-state index in [4.69, 9.17) is 4.74 Å². The third-order valence-electron chi connectivity index (χ3n) is 4.53. The fourth-order valence-corrected chi connectivity index (χ4v) is 3.35. The van der Waals surface area contributed by atoms with E-state index >= 15 is 0 Å². The van der Waals surface area contributed by atoms with Crippen molar-refractivity contribution >= 4 is 0 Å². The summed E-state index contributed by atoms with van der Waals surface area (Å²) in [6.07, 6.45) is 1.53. The van der Waals surface area contributed by atoms with Crippen LogP contribution in [0.3, 0.4) is 0 Å². The summed E-state index contributed by atoms with van der Waals surface area (Å²) in [6.45, 7) is 2.17. The minimum atomic E-state index is -3.32. The van der Waals surface area contributed by atoms with Gasteiger partial charge in [-0.25, -0.2) is 17.6 Å². The second kappa shape index (κ2) is 4.72. The van der Waals surface area contributed by atoms with Crippen LogP contribution in [0.2, 0.25) is 0 Å². The Hall–Kier alpha value is -1.10. The lowest BCUT2D eigenvalue weighted by Gasteiger charge is -2.33. The standard InChI is InChI=1S/C15H16F4O/c1-8-2-3-10(7-20-8)11-6-9-4-5-12(16)14(17)13(9)15(11,18)19/h4-5,8,10-11H,2-3,6-7H2,1H3/t8?,10-,11?/m1/s1. The zero-order chi connectivity index (χ0) is 14.5. The molecule has 1 fully saturated rings. The first kappa shape index (κ1) is 13.9. The van der Waals surface area contributed by atoms with Crippen molar-refractivity contribution in [2.24, 2.45) is 11.8 Å². The Morgan fingerprint density at radius 2 is 1.95 bits per heavy atom. The molecular weight excluding hydrogens is 272 g/mol. The Balaban J connectivity index is 1.92. The number of alkyl halides is 2. The molecule has 1 aliphatic carbocycles. The highest BCUT2D eigenvalue weighted by atomic mass is 19.3. The van der Waals surface area contributed by atoms with Gasteiger partial charge in [0.25, 0.3) is 5.92 Å². The first-order chi connectivity index (χ1) is 9.41. The Kier molecular flexibility index (Phi) is 3.27. The van der Waals surface area contributed by atoms with Crippen LogP contribution < -0.4 is 0 Å². The smallest absolute Gasteiger partial charge is 0.279 e. The van der Waals surface area contributed by atoms with Gasteiger partial charge in [-0.15, -0.1) is 0 Å². The lowest BCUT2D eigenvalue weighted by Crippen LogP contribution is -2.36. The van der Waals surface area contributed by atoms with Gasteiger partial charge in [-0.2, -0.15) is 0 Å². The van der Waals surface area contributed by atoms with Gasteiger partial charge in [0.1, 0.15) is 0 Å². The molecule has 2 aliphatic rings. The molecule has 3 atom stereocenters. The van der Waals surface area contributed by atoms with Crippen molar-refractivity contribution in [1.82, 2.24) is 0 Å². The molecule has 1 aromatic carbocycles. The van der Waals surface area contributed by atoms with Crippen LogP contribution in [0.4, 0.5) is 17.6 Å². The molecule has 0 spiro atoms. The lowest BCUT2D eigenvalue weighted by atomic mass is 9.82. The molecule has 1 aromatic rings. The quantitative estimate of drug-likeness (QED) is 0.709. The summed E-state index contributed by atoms with van der Waals surface area (Å²) in [5.74, 6) is -7.24. The Labute approximate surface area is 114 Å². The molecule has 1 aliphatic heterocycles. The second-order valence-electron chi connectivity index (χ2n) is 5.81. The van der Waals surface area contributed by atoms with E-state index in [0.29, 0.717) is 6.42 Å². The first-order valence-corrected chi connectivity index (χ1v) is 6.88. The Morgan fingerprint density at radius 3 is 2.60 bits per heavy atom. The summed E-state index contributed by atoms with van der Waals surface area (Å²) < 4.78 is 61.3. The van der Waals surface area contributed by atoms with E-state index < -0.39 is 29.0 Å². The third kappa shape index (κ3) is 2.03. The van der Waals surface area contributed by atoms with Crippen LogP contribution in [-0.4, -0.2) is 12.7 Å². The molecule has 110 valence electrons. The fraction of sp³-hybridized carbons (Fsp3) is 0.600. The van der Waals surface area contributed by atoms with Crippen LogP contribution in [0.1, 0.15) is 30.9 Å². The SMILES string of the molecule is CC1CC[C@@H](C2Cc3ccc(F)c(F)c3C2(F)F)CO1. The van der Waals surface area contributed by atoms with Crippen LogP contribution in [0, 0.1) is 23.5 Å². The summed E-state index contributed by atoms with van der Waals surface area (Å²) in [4.78, 5) is 0. The van der Waals surface area contributed by atoms with Gasteiger partial charge in [-0.1, -0.05) is 6.07 Å². The summed E-state index contributed by atoms with van der Waals surface area (Å²) in [6, 6.07) is 2.19. The molecule has 5 heteroatoms. The van der Waals surface area contributed by atoms with E-state index in [1.54, 1.807) is 0 Å². The molecule has 1 nitrogen and oxygen atoms in total. The number of ether oxygens (including phenoxy) is 1.